The third-order valence-electron chi connectivity index (χ3n) is 5.71. The molecule has 2 aliphatic rings. The molecule has 3 nitrogen and oxygen atoms in total. The highest BCUT2D eigenvalue weighted by Crippen LogP contribution is 2.30. The van der Waals surface area contributed by atoms with Crippen LogP contribution in [0.3, 0.4) is 0 Å². The summed E-state index contributed by atoms with van der Waals surface area (Å²) in [5, 5.41) is 0. The van der Waals surface area contributed by atoms with Crippen molar-refractivity contribution < 1.29 is 0 Å². The number of benzene rings is 1. The van der Waals surface area contributed by atoms with E-state index in [9.17, 15) is 0 Å². The van der Waals surface area contributed by atoms with Crippen LogP contribution in [0.2, 0.25) is 0 Å². The van der Waals surface area contributed by atoms with Crippen LogP contribution in [0.5, 0.6) is 0 Å². The van der Waals surface area contributed by atoms with Crippen molar-refractivity contribution in [2.45, 2.75) is 38.1 Å². The normalized spacial score (nSPS) is 23.5. The summed E-state index contributed by atoms with van der Waals surface area (Å²) in [6.45, 7) is 8.99. The summed E-state index contributed by atoms with van der Waals surface area (Å²) in [5.74, 6) is 0. The highest BCUT2D eigenvalue weighted by Gasteiger charge is 2.38. The van der Waals surface area contributed by atoms with Gasteiger partial charge in [-0.2, -0.15) is 0 Å². The van der Waals surface area contributed by atoms with Gasteiger partial charge in [-0.3, -0.25) is 4.90 Å². The Hall–Kier alpha value is -0.900. The molecule has 2 heterocycles. The van der Waals surface area contributed by atoms with Gasteiger partial charge in [-0.1, -0.05) is 31.2 Å². The SMILES string of the molecule is CCN1CCC(CN)(N2CCc3ccccc3CC2)CC1. The van der Waals surface area contributed by atoms with Crippen molar-refractivity contribution >= 4 is 0 Å². The summed E-state index contributed by atoms with van der Waals surface area (Å²) in [6, 6.07) is 8.95. The lowest BCUT2D eigenvalue weighted by Crippen LogP contribution is -2.60. The van der Waals surface area contributed by atoms with Crippen LogP contribution in [0.1, 0.15) is 30.9 Å². The number of hydrogen-bond donors (Lipinski definition) is 1. The zero-order chi connectivity index (χ0) is 14.7. The predicted octanol–water partition coefficient (Wildman–Crippen LogP) is 1.90. The molecule has 0 radical (unpaired) electrons. The number of hydrogen-bond acceptors (Lipinski definition) is 3. The second-order valence-corrected chi connectivity index (χ2v) is 6.62. The van der Waals surface area contributed by atoms with Gasteiger partial charge in [0.15, 0.2) is 0 Å². The van der Waals surface area contributed by atoms with Crippen molar-refractivity contribution in [2.75, 3.05) is 39.3 Å². The Morgan fingerprint density at radius 2 is 1.57 bits per heavy atom. The van der Waals surface area contributed by atoms with E-state index in [1.165, 1.54) is 69.5 Å². The Labute approximate surface area is 129 Å². The summed E-state index contributed by atoms with van der Waals surface area (Å²) < 4.78 is 0. The zero-order valence-electron chi connectivity index (χ0n) is 13.4. The molecule has 0 bridgehead atoms. The van der Waals surface area contributed by atoms with Crippen molar-refractivity contribution in [3.8, 4) is 0 Å². The van der Waals surface area contributed by atoms with Gasteiger partial charge in [-0.15, -0.1) is 0 Å². The molecular formula is C18H29N3. The van der Waals surface area contributed by atoms with Gasteiger partial charge >= 0.3 is 0 Å². The summed E-state index contributed by atoms with van der Waals surface area (Å²) >= 11 is 0. The third-order valence-corrected chi connectivity index (χ3v) is 5.71. The van der Waals surface area contributed by atoms with Crippen LogP contribution < -0.4 is 5.73 Å². The van der Waals surface area contributed by atoms with Crippen molar-refractivity contribution in [2.24, 2.45) is 5.73 Å². The van der Waals surface area contributed by atoms with Gasteiger partial charge in [0.05, 0.1) is 0 Å². The first-order chi connectivity index (χ1) is 10.3. The minimum absolute atomic E-state index is 0.244. The Balaban J connectivity index is 1.72. The van der Waals surface area contributed by atoms with E-state index >= 15 is 0 Å². The average Bonchev–Trinajstić information content (AvgIpc) is 2.78. The first-order valence-corrected chi connectivity index (χ1v) is 8.52. The quantitative estimate of drug-likeness (QED) is 0.921. The molecule has 0 unspecified atom stereocenters. The van der Waals surface area contributed by atoms with Crippen LogP contribution in [0.25, 0.3) is 0 Å². The van der Waals surface area contributed by atoms with E-state index in [1.807, 2.05) is 0 Å². The van der Waals surface area contributed by atoms with Crippen LogP contribution in [-0.4, -0.2) is 54.6 Å². The highest BCUT2D eigenvalue weighted by molar-refractivity contribution is 5.29. The molecule has 0 spiro atoms. The lowest BCUT2D eigenvalue weighted by atomic mass is 9.85. The van der Waals surface area contributed by atoms with Gasteiger partial charge in [0.1, 0.15) is 0 Å². The maximum Gasteiger partial charge on any atom is 0.0356 e. The van der Waals surface area contributed by atoms with E-state index < -0.39 is 0 Å². The van der Waals surface area contributed by atoms with E-state index in [-0.39, 0.29) is 5.54 Å². The minimum atomic E-state index is 0.244. The van der Waals surface area contributed by atoms with Crippen molar-refractivity contribution in [1.29, 1.82) is 0 Å². The average molecular weight is 287 g/mol. The van der Waals surface area contributed by atoms with Gasteiger partial charge in [0, 0.05) is 25.2 Å². The summed E-state index contributed by atoms with van der Waals surface area (Å²) in [7, 11) is 0. The second kappa shape index (κ2) is 6.47. The first kappa shape index (κ1) is 15.0. The lowest BCUT2D eigenvalue weighted by Gasteiger charge is -2.48. The van der Waals surface area contributed by atoms with Crippen LogP contribution in [0.4, 0.5) is 0 Å². The third kappa shape index (κ3) is 3.01. The van der Waals surface area contributed by atoms with Gasteiger partial charge in [0.2, 0.25) is 0 Å². The molecule has 1 aromatic carbocycles. The van der Waals surface area contributed by atoms with Gasteiger partial charge in [-0.25, -0.2) is 0 Å². The smallest absolute Gasteiger partial charge is 0.0356 e. The van der Waals surface area contributed by atoms with Crippen LogP contribution in [0, 0.1) is 0 Å². The molecule has 1 saturated heterocycles. The predicted molar refractivity (Wildman–Crippen MR) is 88.6 cm³/mol. The van der Waals surface area contributed by atoms with Crippen LogP contribution in [0.15, 0.2) is 24.3 Å². The molecule has 116 valence electrons. The topological polar surface area (TPSA) is 32.5 Å². The number of fused-ring (bicyclic) bond motifs is 1. The maximum atomic E-state index is 6.25. The molecule has 1 aromatic rings. The molecule has 0 aliphatic carbocycles. The van der Waals surface area contributed by atoms with E-state index in [1.54, 1.807) is 0 Å². The Morgan fingerprint density at radius 1 is 1.00 bits per heavy atom. The second-order valence-electron chi connectivity index (χ2n) is 6.62. The summed E-state index contributed by atoms with van der Waals surface area (Å²) in [6.07, 6.45) is 4.81. The van der Waals surface area contributed by atoms with Crippen LogP contribution >= 0.6 is 0 Å². The first-order valence-electron chi connectivity index (χ1n) is 8.52. The van der Waals surface area contributed by atoms with Gasteiger partial charge in [-0.05, 0) is 56.4 Å². The molecule has 0 aromatic heterocycles. The number of piperidine rings is 1. The number of rotatable bonds is 3. The maximum absolute atomic E-state index is 6.25. The number of nitrogens with two attached hydrogens (primary N) is 1. The van der Waals surface area contributed by atoms with Gasteiger partial charge < -0.3 is 10.6 Å². The van der Waals surface area contributed by atoms with E-state index in [0.29, 0.717) is 0 Å². The molecule has 3 rings (SSSR count). The molecule has 2 aliphatic heterocycles. The summed E-state index contributed by atoms with van der Waals surface area (Å²) in [5.41, 5.74) is 9.58. The molecule has 0 atom stereocenters. The zero-order valence-corrected chi connectivity index (χ0v) is 13.4. The Bertz CT molecular complexity index is 436. The van der Waals surface area contributed by atoms with Crippen molar-refractivity contribution in [1.82, 2.24) is 9.80 Å². The van der Waals surface area contributed by atoms with Crippen molar-refractivity contribution in [3.05, 3.63) is 35.4 Å². The standard InChI is InChI=1S/C18H29N3/c1-2-20-13-9-18(15-19,10-14-20)21-11-7-16-5-3-4-6-17(16)8-12-21/h3-6H,2,7-15,19H2,1H3. The lowest BCUT2D eigenvalue weighted by molar-refractivity contribution is 0.0310. The molecule has 1 fully saturated rings. The Kier molecular flexibility index (Phi) is 4.63. The van der Waals surface area contributed by atoms with E-state index in [2.05, 4.69) is 41.0 Å². The van der Waals surface area contributed by atoms with Crippen molar-refractivity contribution in [3.63, 3.8) is 0 Å². The Morgan fingerprint density at radius 3 is 2.05 bits per heavy atom. The molecular weight excluding hydrogens is 258 g/mol. The highest BCUT2D eigenvalue weighted by atomic mass is 15.2. The fourth-order valence-corrected chi connectivity index (χ4v) is 4.08. The molecule has 21 heavy (non-hydrogen) atoms. The minimum Gasteiger partial charge on any atom is -0.329 e. The molecule has 0 saturated carbocycles. The number of likely N-dealkylation sites (tertiary alicyclic amines) is 1. The molecule has 3 heteroatoms. The van der Waals surface area contributed by atoms with E-state index in [0.717, 1.165) is 6.54 Å². The summed E-state index contributed by atoms with van der Waals surface area (Å²) in [4.78, 5) is 5.26. The number of nitrogens with zero attached hydrogens (tertiary/aromatic N) is 2. The monoisotopic (exact) mass is 287 g/mol. The fraction of sp³-hybridized carbons (Fsp3) is 0.667. The van der Waals surface area contributed by atoms with E-state index in [4.69, 9.17) is 5.73 Å². The molecule has 2 N–H and O–H groups in total. The fourth-order valence-electron chi connectivity index (χ4n) is 4.08. The largest absolute Gasteiger partial charge is 0.329 e. The molecule has 0 amide bonds. The van der Waals surface area contributed by atoms with Crippen LogP contribution in [-0.2, 0) is 12.8 Å². The van der Waals surface area contributed by atoms with Gasteiger partial charge in [0.25, 0.3) is 0 Å².